The number of nitrogens with zero attached hydrogens (tertiary/aromatic N) is 2. The maximum absolute atomic E-state index is 11.2. The van der Waals surface area contributed by atoms with Crippen LogP contribution in [0.2, 0.25) is 0 Å². The predicted octanol–water partition coefficient (Wildman–Crippen LogP) is 0.680. The van der Waals surface area contributed by atoms with Crippen molar-refractivity contribution in [1.82, 2.24) is 15.1 Å². The van der Waals surface area contributed by atoms with Gasteiger partial charge in [-0.15, -0.1) is 0 Å². The molecular weight excluding hydrogens is 214 g/mol. The summed E-state index contributed by atoms with van der Waals surface area (Å²) in [5.41, 5.74) is 0. The van der Waals surface area contributed by atoms with E-state index in [4.69, 9.17) is 0 Å². The van der Waals surface area contributed by atoms with Gasteiger partial charge in [0, 0.05) is 44.7 Å². The minimum atomic E-state index is 0.220. The van der Waals surface area contributed by atoms with Gasteiger partial charge >= 0.3 is 0 Å². The Morgan fingerprint density at radius 1 is 1.24 bits per heavy atom. The molecule has 2 atom stereocenters. The van der Waals surface area contributed by atoms with E-state index in [0.717, 1.165) is 32.5 Å². The van der Waals surface area contributed by atoms with Gasteiger partial charge in [0.1, 0.15) is 0 Å². The summed E-state index contributed by atoms with van der Waals surface area (Å²) in [7, 11) is 2.20. The second-order valence-electron chi connectivity index (χ2n) is 5.67. The SMILES string of the molecule is CC(=O)N1CCC(NC2CC(C)N(C)C2)CC1. The van der Waals surface area contributed by atoms with Crippen LogP contribution in [0.3, 0.4) is 0 Å². The molecule has 17 heavy (non-hydrogen) atoms. The fourth-order valence-electron chi connectivity index (χ4n) is 3.01. The molecule has 0 aromatic heterocycles. The summed E-state index contributed by atoms with van der Waals surface area (Å²) in [6.45, 7) is 6.96. The number of rotatable bonds is 2. The van der Waals surface area contributed by atoms with E-state index in [-0.39, 0.29) is 5.91 Å². The maximum Gasteiger partial charge on any atom is 0.219 e. The third-order valence-electron chi connectivity index (χ3n) is 4.30. The number of likely N-dealkylation sites (N-methyl/N-ethyl adjacent to an activating group) is 1. The molecule has 4 heteroatoms. The van der Waals surface area contributed by atoms with Crippen LogP contribution >= 0.6 is 0 Å². The zero-order valence-electron chi connectivity index (χ0n) is 11.3. The van der Waals surface area contributed by atoms with Crippen LogP contribution in [0, 0.1) is 0 Å². The van der Waals surface area contributed by atoms with Crippen LogP contribution in [-0.4, -0.2) is 60.5 Å². The molecule has 0 aromatic rings. The molecule has 2 heterocycles. The topological polar surface area (TPSA) is 35.6 Å². The van der Waals surface area contributed by atoms with Crippen molar-refractivity contribution in [2.24, 2.45) is 0 Å². The number of likely N-dealkylation sites (tertiary alicyclic amines) is 2. The highest BCUT2D eigenvalue weighted by molar-refractivity contribution is 5.73. The molecule has 0 bridgehead atoms. The maximum atomic E-state index is 11.2. The molecule has 2 rings (SSSR count). The van der Waals surface area contributed by atoms with Crippen molar-refractivity contribution in [3.05, 3.63) is 0 Å². The summed E-state index contributed by atoms with van der Waals surface area (Å²) in [5, 5.41) is 3.76. The Bertz CT molecular complexity index is 264. The lowest BCUT2D eigenvalue weighted by atomic mass is 10.0. The standard InChI is InChI=1S/C13H25N3O/c1-10-8-13(9-15(10)3)14-12-4-6-16(7-5-12)11(2)17/h10,12-14H,4-9H2,1-3H3. The highest BCUT2D eigenvalue weighted by Gasteiger charge is 2.29. The molecule has 0 radical (unpaired) electrons. The van der Waals surface area contributed by atoms with Gasteiger partial charge < -0.3 is 15.1 Å². The van der Waals surface area contributed by atoms with Crippen LogP contribution in [-0.2, 0) is 4.79 Å². The number of amides is 1. The van der Waals surface area contributed by atoms with Gasteiger partial charge in [-0.2, -0.15) is 0 Å². The molecule has 0 aromatic carbocycles. The summed E-state index contributed by atoms with van der Waals surface area (Å²) in [5.74, 6) is 0.220. The highest BCUT2D eigenvalue weighted by Crippen LogP contribution is 2.18. The van der Waals surface area contributed by atoms with Crippen molar-refractivity contribution in [3.8, 4) is 0 Å². The monoisotopic (exact) mass is 239 g/mol. The van der Waals surface area contributed by atoms with E-state index in [1.54, 1.807) is 6.92 Å². The first-order chi connectivity index (χ1) is 8.06. The number of piperidine rings is 1. The zero-order chi connectivity index (χ0) is 12.4. The summed E-state index contributed by atoms with van der Waals surface area (Å²) >= 11 is 0. The Hall–Kier alpha value is -0.610. The Kier molecular flexibility index (Phi) is 4.05. The van der Waals surface area contributed by atoms with Crippen molar-refractivity contribution in [3.63, 3.8) is 0 Å². The number of carbonyl (C=O) groups excluding carboxylic acids is 1. The molecule has 0 aliphatic carbocycles. The lowest BCUT2D eigenvalue weighted by molar-refractivity contribution is -0.129. The molecule has 2 unspecified atom stereocenters. The quantitative estimate of drug-likeness (QED) is 0.770. The van der Waals surface area contributed by atoms with Gasteiger partial charge in [-0.3, -0.25) is 4.79 Å². The summed E-state index contributed by atoms with van der Waals surface area (Å²) in [6.07, 6.45) is 3.46. The van der Waals surface area contributed by atoms with E-state index in [2.05, 4.69) is 24.2 Å². The summed E-state index contributed by atoms with van der Waals surface area (Å²) in [6, 6.07) is 1.95. The first kappa shape index (κ1) is 12.8. The van der Waals surface area contributed by atoms with E-state index in [0.29, 0.717) is 18.1 Å². The molecule has 0 spiro atoms. The van der Waals surface area contributed by atoms with Gasteiger partial charge in [0.15, 0.2) is 0 Å². The third-order valence-corrected chi connectivity index (χ3v) is 4.30. The van der Waals surface area contributed by atoms with Crippen LogP contribution in [0.15, 0.2) is 0 Å². The van der Waals surface area contributed by atoms with E-state index in [9.17, 15) is 4.79 Å². The lowest BCUT2D eigenvalue weighted by Crippen LogP contribution is -2.47. The van der Waals surface area contributed by atoms with Crippen molar-refractivity contribution in [1.29, 1.82) is 0 Å². The number of hydrogen-bond acceptors (Lipinski definition) is 3. The van der Waals surface area contributed by atoms with Crippen LogP contribution in [0.1, 0.15) is 33.1 Å². The minimum absolute atomic E-state index is 0.220. The molecule has 1 amide bonds. The van der Waals surface area contributed by atoms with E-state index in [1.807, 2.05) is 4.90 Å². The van der Waals surface area contributed by atoms with E-state index in [1.165, 1.54) is 6.42 Å². The predicted molar refractivity (Wildman–Crippen MR) is 68.9 cm³/mol. The molecule has 2 aliphatic rings. The smallest absolute Gasteiger partial charge is 0.219 e. The molecule has 1 N–H and O–H groups in total. The van der Waals surface area contributed by atoms with Crippen molar-refractivity contribution >= 4 is 5.91 Å². The lowest BCUT2D eigenvalue weighted by Gasteiger charge is -2.33. The van der Waals surface area contributed by atoms with Crippen LogP contribution in [0.5, 0.6) is 0 Å². The Balaban J connectivity index is 1.73. The second-order valence-corrected chi connectivity index (χ2v) is 5.67. The molecule has 98 valence electrons. The molecule has 0 saturated carbocycles. The van der Waals surface area contributed by atoms with Crippen molar-refractivity contribution < 1.29 is 4.79 Å². The first-order valence-corrected chi connectivity index (χ1v) is 6.78. The average molecular weight is 239 g/mol. The minimum Gasteiger partial charge on any atom is -0.343 e. The number of hydrogen-bond donors (Lipinski definition) is 1. The third kappa shape index (κ3) is 3.19. The molecule has 2 saturated heterocycles. The zero-order valence-corrected chi connectivity index (χ0v) is 11.3. The molecule has 4 nitrogen and oxygen atoms in total. The van der Waals surface area contributed by atoms with Crippen molar-refractivity contribution in [2.45, 2.75) is 51.2 Å². The van der Waals surface area contributed by atoms with Crippen LogP contribution in [0.4, 0.5) is 0 Å². The molecular formula is C13H25N3O. The van der Waals surface area contributed by atoms with Gasteiger partial charge in [-0.05, 0) is 33.2 Å². The average Bonchev–Trinajstić information content (AvgIpc) is 2.58. The first-order valence-electron chi connectivity index (χ1n) is 6.78. The van der Waals surface area contributed by atoms with Crippen LogP contribution < -0.4 is 5.32 Å². The Labute approximate surface area is 104 Å². The van der Waals surface area contributed by atoms with Gasteiger partial charge in [-0.25, -0.2) is 0 Å². The Morgan fingerprint density at radius 3 is 2.35 bits per heavy atom. The Morgan fingerprint density at radius 2 is 1.88 bits per heavy atom. The van der Waals surface area contributed by atoms with Crippen molar-refractivity contribution in [2.75, 3.05) is 26.7 Å². The van der Waals surface area contributed by atoms with Gasteiger partial charge in [-0.1, -0.05) is 0 Å². The highest BCUT2D eigenvalue weighted by atomic mass is 16.2. The van der Waals surface area contributed by atoms with Gasteiger partial charge in [0.2, 0.25) is 5.91 Å². The molecule has 2 aliphatic heterocycles. The second kappa shape index (κ2) is 5.36. The fourth-order valence-corrected chi connectivity index (χ4v) is 3.01. The van der Waals surface area contributed by atoms with Gasteiger partial charge in [0.05, 0.1) is 0 Å². The number of nitrogens with one attached hydrogen (secondary N) is 1. The van der Waals surface area contributed by atoms with E-state index >= 15 is 0 Å². The van der Waals surface area contributed by atoms with Crippen LogP contribution in [0.25, 0.3) is 0 Å². The van der Waals surface area contributed by atoms with E-state index < -0.39 is 0 Å². The van der Waals surface area contributed by atoms with Gasteiger partial charge in [0.25, 0.3) is 0 Å². The fraction of sp³-hybridized carbons (Fsp3) is 0.923. The number of carbonyl (C=O) groups is 1. The largest absolute Gasteiger partial charge is 0.343 e. The summed E-state index contributed by atoms with van der Waals surface area (Å²) in [4.78, 5) is 15.6. The molecule has 2 fully saturated rings. The summed E-state index contributed by atoms with van der Waals surface area (Å²) < 4.78 is 0. The normalized spacial score (nSPS) is 32.1.